The van der Waals surface area contributed by atoms with Crippen molar-refractivity contribution < 1.29 is 14.6 Å². The maximum absolute atomic E-state index is 10.3. The van der Waals surface area contributed by atoms with Gasteiger partial charge in [-0.15, -0.1) is 0 Å². The Labute approximate surface area is 124 Å². The van der Waals surface area contributed by atoms with E-state index in [0.29, 0.717) is 46.3 Å². The molecule has 0 unspecified atom stereocenters. The average molecular weight is 340 g/mol. The second kappa shape index (κ2) is 4.90. The van der Waals surface area contributed by atoms with Crippen LogP contribution in [-0.2, 0) is 7.05 Å². The summed E-state index contributed by atoms with van der Waals surface area (Å²) in [5, 5.41) is 14.6. The van der Waals surface area contributed by atoms with Gasteiger partial charge in [0, 0.05) is 25.6 Å². The number of rotatable bonds is 1. The second-order valence-electron chi connectivity index (χ2n) is 4.54. The van der Waals surface area contributed by atoms with Gasteiger partial charge in [0.05, 0.1) is 23.2 Å². The number of fused-ring (bicyclic) bond motifs is 1. The van der Waals surface area contributed by atoms with Crippen molar-refractivity contribution in [2.75, 3.05) is 18.9 Å². The van der Waals surface area contributed by atoms with Crippen LogP contribution >= 0.6 is 15.9 Å². The van der Waals surface area contributed by atoms with Gasteiger partial charge in [-0.25, -0.2) is 0 Å². The van der Waals surface area contributed by atoms with E-state index < -0.39 is 0 Å². The summed E-state index contributed by atoms with van der Waals surface area (Å²) in [6.45, 7) is 1.11. The first kappa shape index (κ1) is 13.1. The molecule has 1 aromatic carbocycles. The normalized spacial score (nSPS) is 14.1. The van der Waals surface area contributed by atoms with E-state index in [2.05, 4.69) is 21.0 Å². The highest BCUT2D eigenvalue weighted by molar-refractivity contribution is 9.10. The van der Waals surface area contributed by atoms with E-state index in [1.54, 1.807) is 23.9 Å². The van der Waals surface area contributed by atoms with Gasteiger partial charge in [0.2, 0.25) is 0 Å². The van der Waals surface area contributed by atoms with Crippen LogP contribution in [0.15, 0.2) is 16.6 Å². The van der Waals surface area contributed by atoms with E-state index in [-0.39, 0.29) is 5.75 Å². The van der Waals surface area contributed by atoms with Gasteiger partial charge in [-0.05, 0) is 15.9 Å². The van der Waals surface area contributed by atoms with Crippen LogP contribution in [0.1, 0.15) is 6.42 Å². The quantitative estimate of drug-likeness (QED) is 0.832. The molecule has 0 saturated heterocycles. The number of nitrogens with two attached hydrogens (primary N) is 1. The minimum absolute atomic E-state index is 0.0624. The topological polar surface area (TPSA) is 82.5 Å². The molecule has 7 heteroatoms. The zero-order chi connectivity index (χ0) is 14.3. The maximum atomic E-state index is 10.3. The molecule has 0 spiro atoms. The van der Waals surface area contributed by atoms with Crippen molar-refractivity contribution in [2.45, 2.75) is 6.42 Å². The lowest BCUT2D eigenvalue weighted by Gasteiger charge is -2.14. The number of hydrogen-bond donors (Lipinski definition) is 2. The molecular weight excluding hydrogens is 326 g/mol. The summed E-state index contributed by atoms with van der Waals surface area (Å²) in [6.07, 6.45) is 0.789. The van der Waals surface area contributed by atoms with Gasteiger partial charge in [0.1, 0.15) is 17.3 Å². The van der Waals surface area contributed by atoms with Crippen LogP contribution in [0.2, 0.25) is 0 Å². The van der Waals surface area contributed by atoms with Crippen molar-refractivity contribution in [1.29, 1.82) is 0 Å². The molecule has 20 heavy (non-hydrogen) atoms. The molecule has 106 valence electrons. The molecule has 0 aliphatic carbocycles. The Morgan fingerprint density at radius 1 is 1.35 bits per heavy atom. The number of halogens is 1. The van der Waals surface area contributed by atoms with E-state index in [1.807, 2.05) is 0 Å². The molecule has 0 saturated carbocycles. The molecule has 0 radical (unpaired) electrons. The number of aromatic nitrogens is 2. The first-order chi connectivity index (χ1) is 9.58. The van der Waals surface area contributed by atoms with Gasteiger partial charge in [0.15, 0.2) is 11.5 Å². The zero-order valence-corrected chi connectivity index (χ0v) is 12.5. The van der Waals surface area contributed by atoms with Crippen LogP contribution in [0.5, 0.6) is 17.2 Å². The van der Waals surface area contributed by atoms with E-state index >= 15 is 0 Å². The number of nitrogen functional groups attached to an aromatic ring is 1. The summed E-state index contributed by atoms with van der Waals surface area (Å²) in [4.78, 5) is 0. The number of aryl methyl sites for hydroxylation is 1. The number of phenolic OH excluding ortho intramolecular Hbond substituents is 1. The Kier molecular flexibility index (Phi) is 3.21. The molecule has 1 aliphatic rings. The zero-order valence-electron chi connectivity index (χ0n) is 10.9. The van der Waals surface area contributed by atoms with Crippen molar-refractivity contribution in [3.8, 4) is 28.5 Å². The lowest BCUT2D eigenvalue weighted by atomic mass is 10.1. The molecule has 3 N–H and O–H groups in total. The summed E-state index contributed by atoms with van der Waals surface area (Å²) < 4.78 is 13.4. The average Bonchev–Trinajstić information content (AvgIpc) is 2.62. The van der Waals surface area contributed by atoms with E-state index in [4.69, 9.17) is 15.2 Å². The van der Waals surface area contributed by atoms with E-state index in [9.17, 15) is 5.11 Å². The molecule has 1 aromatic heterocycles. The number of nitrogens with zero attached hydrogens (tertiary/aromatic N) is 2. The number of ether oxygens (including phenoxy) is 2. The van der Waals surface area contributed by atoms with Crippen LogP contribution < -0.4 is 15.2 Å². The van der Waals surface area contributed by atoms with Gasteiger partial charge >= 0.3 is 0 Å². The third-order valence-corrected chi connectivity index (χ3v) is 3.74. The van der Waals surface area contributed by atoms with Gasteiger partial charge in [-0.1, -0.05) is 0 Å². The largest absolute Gasteiger partial charge is 0.506 e. The van der Waals surface area contributed by atoms with Gasteiger partial charge in [-0.2, -0.15) is 5.10 Å². The minimum Gasteiger partial charge on any atom is -0.506 e. The summed E-state index contributed by atoms with van der Waals surface area (Å²) in [5.74, 6) is 1.66. The Morgan fingerprint density at radius 2 is 2.10 bits per heavy atom. The monoisotopic (exact) mass is 339 g/mol. The van der Waals surface area contributed by atoms with Crippen LogP contribution in [0.25, 0.3) is 11.3 Å². The first-order valence-electron chi connectivity index (χ1n) is 6.19. The molecule has 0 atom stereocenters. The second-order valence-corrected chi connectivity index (χ2v) is 5.39. The number of benzene rings is 1. The number of aromatic hydroxyl groups is 1. The first-order valence-corrected chi connectivity index (χ1v) is 6.98. The number of hydrogen-bond acceptors (Lipinski definition) is 5. The number of anilines is 1. The predicted octanol–water partition coefficient (Wildman–Crippen LogP) is 2.30. The molecule has 1 aliphatic heterocycles. The lowest BCUT2D eigenvalue weighted by Crippen LogP contribution is -1.98. The highest BCUT2D eigenvalue weighted by Crippen LogP contribution is 2.48. The maximum Gasteiger partial charge on any atom is 0.174 e. The summed E-state index contributed by atoms with van der Waals surface area (Å²) in [7, 11) is 1.74. The Bertz CT molecular complexity index is 650. The SMILES string of the molecule is Cn1nc(-c2c(O)c(Br)cc3c2OCCCO3)cc1N. The van der Waals surface area contributed by atoms with Crippen molar-refractivity contribution in [2.24, 2.45) is 7.05 Å². The van der Waals surface area contributed by atoms with E-state index in [0.717, 1.165) is 6.42 Å². The molecule has 0 fully saturated rings. The molecule has 0 amide bonds. The molecule has 2 heterocycles. The van der Waals surface area contributed by atoms with Crippen molar-refractivity contribution in [3.63, 3.8) is 0 Å². The standard InChI is InChI=1S/C13H14BrN3O3/c1-17-10(15)6-8(16-17)11-12(18)7(14)5-9-13(11)20-4-2-3-19-9/h5-6,18H,2-4,15H2,1H3. The Hall–Kier alpha value is -1.89. The fraction of sp³-hybridized carbons (Fsp3) is 0.308. The predicted molar refractivity (Wildman–Crippen MR) is 78.0 cm³/mol. The van der Waals surface area contributed by atoms with Gasteiger partial charge < -0.3 is 20.3 Å². The smallest absolute Gasteiger partial charge is 0.174 e. The van der Waals surface area contributed by atoms with Crippen LogP contribution in [0.4, 0.5) is 5.82 Å². The molecule has 2 aromatic rings. The van der Waals surface area contributed by atoms with Gasteiger partial charge in [0.25, 0.3) is 0 Å². The lowest BCUT2D eigenvalue weighted by molar-refractivity contribution is 0.297. The molecular formula is C13H14BrN3O3. The van der Waals surface area contributed by atoms with Crippen molar-refractivity contribution in [3.05, 3.63) is 16.6 Å². The van der Waals surface area contributed by atoms with Crippen LogP contribution in [0, 0.1) is 0 Å². The molecule has 6 nitrogen and oxygen atoms in total. The Balaban J connectivity index is 2.25. The Morgan fingerprint density at radius 3 is 2.80 bits per heavy atom. The van der Waals surface area contributed by atoms with E-state index in [1.165, 1.54) is 0 Å². The summed E-state index contributed by atoms with van der Waals surface area (Å²) in [5.41, 5.74) is 6.84. The molecule has 0 bridgehead atoms. The highest BCUT2D eigenvalue weighted by Gasteiger charge is 2.24. The summed E-state index contributed by atoms with van der Waals surface area (Å²) >= 11 is 3.32. The third-order valence-electron chi connectivity index (χ3n) is 3.14. The van der Waals surface area contributed by atoms with Crippen molar-refractivity contribution >= 4 is 21.7 Å². The van der Waals surface area contributed by atoms with Crippen LogP contribution in [-0.4, -0.2) is 28.1 Å². The summed E-state index contributed by atoms with van der Waals surface area (Å²) in [6, 6.07) is 3.39. The number of phenols is 1. The third kappa shape index (κ3) is 2.07. The fourth-order valence-electron chi connectivity index (χ4n) is 2.11. The minimum atomic E-state index is 0.0624. The van der Waals surface area contributed by atoms with Gasteiger partial charge in [-0.3, -0.25) is 4.68 Å². The highest BCUT2D eigenvalue weighted by atomic mass is 79.9. The fourth-order valence-corrected chi connectivity index (χ4v) is 2.51. The van der Waals surface area contributed by atoms with Crippen LogP contribution in [0.3, 0.4) is 0 Å². The van der Waals surface area contributed by atoms with Crippen molar-refractivity contribution in [1.82, 2.24) is 9.78 Å². The molecule has 3 rings (SSSR count).